The maximum absolute atomic E-state index is 7.06. The molecule has 0 aromatic heterocycles. The Morgan fingerprint density at radius 3 is 1.21 bits per heavy atom. The first-order valence-corrected chi connectivity index (χ1v) is 7.27. The van der Waals surface area contributed by atoms with E-state index in [1.807, 2.05) is 36.4 Å². The van der Waals surface area contributed by atoms with Gasteiger partial charge >= 0.3 is 0 Å². The van der Waals surface area contributed by atoms with Crippen molar-refractivity contribution in [3.05, 3.63) is 83.5 Å². The van der Waals surface area contributed by atoms with Crippen molar-refractivity contribution in [1.29, 1.82) is 0 Å². The molecule has 0 atom stereocenters. The number of hydrogen-bond donors (Lipinski definition) is 2. The minimum Gasteiger partial charge on any atom is -0.397 e. The van der Waals surface area contributed by atoms with E-state index < -0.39 is 0 Å². The Kier molecular flexibility index (Phi) is 3.89. The van der Waals surface area contributed by atoms with Gasteiger partial charge in [0, 0.05) is 0 Å². The van der Waals surface area contributed by atoms with E-state index in [1.54, 1.807) is 24.3 Å². The molecule has 24 heavy (non-hydrogen) atoms. The fraction of sp³-hybridized carbons (Fsp3) is 0. The number of benzene rings is 3. The third-order valence-corrected chi connectivity index (χ3v) is 3.84. The molecule has 3 aromatic carbocycles. The van der Waals surface area contributed by atoms with Crippen molar-refractivity contribution in [2.24, 2.45) is 0 Å². The summed E-state index contributed by atoms with van der Waals surface area (Å²) in [5.74, 6) is 0. The van der Waals surface area contributed by atoms with Crippen molar-refractivity contribution >= 4 is 22.7 Å². The lowest BCUT2D eigenvalue weighted by molar-refractivity contribution is 1.58. The fourth-order valence-electron chi connectivity index (χ4n) is 2.54. The number of anilines is 2. The molecule has 0 heterocycles. The van der Waals surface area contributed by atoms with Gasteiger partial charge in [-0.05, 0) is 34.4 Å². The molecule has 0 radical (unpaired) electrons. The first-order valence-electron chi connectivity index (χ1n) is 7.27. The highest BCUT2D eigenvalue weighted by atomic mass is 14.7. The molecule has 0 spiro atoms. The molecule has 0 bridgehead atoms. The lowest BCUT2D eigenvalue weighted by Gasteiger charge is -2.14. The largest absolute Gasteiger partial charge is 0.397 e. The summed E-state index contributed by atoms with van der Waals surface area (Å²) in [6, 6.07) is 18.4. The van der Waals surface area contributed by atoms with E-state index in [2.05, 4.69) is 9.69 Å². The van der Waals surface area contributed by atoms with Gasteiger partial charge in [0.15, 0.2) is 11.4 Å². The summed E-state index contributed by atoms with van der Waals surface area (Å²) in [4.78, 5) is 6.83. The second kappa shape index (κ2) is 6.16. The number of nitrogens with zero attached hydrogens (tertiary/aromatic N) is 2. The van der Waals surface area contributed by atoms with Crippen LogP contribution in [0.25, 0.3) is 31.9 Å². The van der Waals surface area contributed by atoms with E-state index in [-0.39, 0.29) is 0 Å². The average molecular weight is 310 g/mol. The quantitative estimate of drug-likeness (QED) is 0.499. The smallest absolute Gasteiger partial charge is 0.187 e. The molecule has 0 unspecified atom stereocenters. The van der Waals surface area contributed by atoms with Gasteiger partial charge in [0.25, 0.3) is 0 Å². The van der Waals surface area contributed by atoms with Crippen LogP contribution in [0.1, 0.15) is 0 Å². The second-order valence-corrected chi connectivity index (χ2v) is 5.34. The van der Waals surface area contributed by atoms with Crippen LogP contribution in [0.3, 0.4) is 0 Å². The standard InChI is InChI=1S/C20H14N4/c1-23-15-7-3-13(4-8-15)17-11-19(21)20(22)12-18(17)14-5-9-16(24-2)10-6-14/h3-12H,21-22H2. The summed E-state index contributed by atoms with van der Waals surface area (Å²) < 4.78 is 0. The van der Waals surface area contributed by atoms with Crippen LogP contribution in [0.4, 0.5) is 22.7 Å². The van der Waals surface area contributed by atoms with Crippen molar-refractivity contribution in [3.63, 3.8) is 0 Å². The predicted molar refractivity (Wildman–Crippen MR) is 98.7 cm³/mol. The van der Waals surface area contributed by atoms with Crippen LogP contribution in [0.2, 0.25) is 0 Å². The van der Waals surface area contributed by atoms with Crippen molar-refractivity contribution < 1.29 is 0 Å². The van der Waals surface area contributed by atoms with E-state index in [4.69, 9.17) is 24.6 Å². The number of hydrogen-bond acceptors (Lipinski definition) is 2. The zero-order valence-electron chi connectivity index (χ0n) is 12.8. The summed E-state index contributed by atoms with van der Waals surface area (Å²) >= 11 is 0. The van der Waals surface area contributed by atoms with Gasteiger partial charge in [0.1, 0.15) is 0 Å². The molecule has 3 rings (SSSR count). The second-order valence-electron chi connectivity index (χ2n) is 5.34. The zero-order valence-corrected chi connectivity index (χ0v) is 12.8. The van der Waals surface area contributed by atoms with Crippen LogP contribution in [0.15, 0.2) is 60.7 Å². The fourth-order valence-corrected chi connectivity index (χ4v) is 2.54. The molecule has 4 nitrogen and oxygen atoms in total. The summed E-state index contributed by atoms with van der Waals surface area (Å²) in [7, 11) is 0. The molecular formula is C20H14N4. The molecule has 0 amide bonds. The Hall–Kier alpha value is -3.76. The van der Waals surface area contributed by atoms with Gasteiger partial charge < -0.3 is 11.5 Å². The molecule has 4 N–H and O–H groups in total. The topological polar surface area (TPSA) is 60.8 Å². The molecular weight excluding hydrogens is 296 g/mol. The molecule has 0 saturated carbocycles. The van der Waals surface area contributed by atoms with Gasteiger partial charge in [-0.3, -0.25) is 0 Å². The minimum atomic E-state index is 0.515. The summed E-state index contributed by atoms with van der Waals surface area (Å²) in [6.45, 7) is 14.1. The van der Waals surface area contributed by atoms with Gasteiger partial charge in [0.2, 0.25) is 0 Å². The van der Waals surface area contributed by atoms with Crippen LogP contribution < -0.4 is 11.5 Å². The van der Waals surface area contributed by atoms with Crippen molar-refractivity contribution in [2.75, 3.05) is 11.5 Å². The maximum Gasteiger partial charge on any atom is 0.187 e. The van der Waals surface area contributed by atoms with Crippen LogP contribution in [-0.4, -0.2) is 0 Å². The lowest BCUT2D eigenvalue weighted by atomic mass is 9.93. The van der Waals surface area contributed by atoms with Crippen molar-refractivity contribution in [1.82, 2.24) is 0 Å². The van der Waals surface area contributed by atoms with Gasteiger partial charge in [-0.1, -0.05) is 48.5 Å². The van der Waals surface area contributed by atoms with Gasteiger partial charge in [-0.2, -0.15) is 0 Å². The molecule has 0 aliphatic heterocycles. The SMILES string of the molecule is [C-]#[N+]c1ccc(-c2cc(N)c(N)cc2-c2ccc([N+]#[C-])cc2)cc1. The average Bonchev–Trinajstić information content (AvgIpc) is 2.64. The molecule has 3 aromatic rings. The summed E-state index contributed by atoms with van der Waals surface area (Å²) in [5.41, 5.74) is 18.0. The number of nitrogen functional groups attached to an aromatic ring is 2. The van der Waals surface area contributed by atoms with E-state index in [0.29, 0.717) is 22.7 Å². The zero-order chi connectivity index (χ0) is 17.1. The Morgan fingerprint density at radius 2 is 0.917 bits per heavy atom. The molecule has 0 aliphatic carbocycles. The highest BCUT2D eigenvalue weighted by molar-refractivity contribution is 5.90. The van der Waals surface area contributed by atoms with Crippen LogP contribution in [0, 0.1) is 13.1 Å². The third kappa shape index (κ3) is 2.77. The monoisotopic (exact) mass is 310 g/mol. The van der Waals surface area contributed by atoms with Gasteiger partial charge in [-0.15, -0.1) is 0 Å². The maximum atomic E-state index is 7.06. The summed E-state index contributed by atoms with van der Waals surface area (Å²) in [5, 5.41) is 0. The number of nitrogens with two attached hydrogens (primary N) is 2. The Balaban J connectivity index is 2.19. The van der Waals surface area contributed by atoms with E-state index in [0.717, 1.165) is 22.3 Å². The Morgan fingerprint density at radius 1 is 0.583 bits per heavy atom. The van der Waals surface area contributed by atoms with Gasteiger partial charge in [-0.25, -0.2) is 9.69 Å². The third-order valence-electron chi connectivity index (χ3n) is 3.84. The molecule has 0 aliphatic rings. The van der Waals surface area contributed by atoms with Crippen LogP contribution in [-0.2, 0) is 0 Å². The molecule has 0 saturated heterocycles. The summed E-state index contributed by atoms with van der Waals surface area (Å²) in [6.07, 6.45) is 0. The normalized spacial score (nSPS) is 9.92. The predicted octanol–water partition coefficient (Wildman–Crippen LogP) is 5.29. The van der Waals surface area contributed by atoms with Crippen molar-refractivity contribution in [2.45, 2.75) is 0 Å². The Bertz CT molecular complexity index is 890. The number of rotatable bonds is 2. The molecule has 0 fully saturated rings. The lowest BCUT2D eigenvalue weighted by Crippen LogP contribution is -1.97. The van der Waals surface area contributed by atoms with Crippen molar-refractivity contribution in [3.8, 4) is 22.3 Å². The Labute approximate surface area is 140 Å². The van der Waals surface area contributed by atoms with E-state index >= 15 is 0 Å². The highest BCUT2D eigenvalue weighted by Gasteiger charge is 2.11. The molecule has 4 heteroatoms. The minimum absolute atomic E-state index is 0.515. The first-order chi connectivity index (χ1) is 11.6. The van der Waals surface area contributed by atoms with Crippen LogP contribution >= 0.6 is 0 Å². The van der Waals surface area contributed by atoms with E-state index in [1.165, 1.54) is 0 Å². The van der Waals surface area contributed by atoms with Crippen LogP contribution in [0.5, 0.6) is 0 Å². The first kappa shape index (κ1) is 15.1. The van der Waals surface area contributed by atoms with E-state index in [9.17, 15) is 0 Å². The molecule has 114 valence electrons. The highest BCUT2D eigenvalue weighted by Crippen LogP contribution is 2.37. The van der Waals surface area contributed by atoms with Gasteiger partial charge in [0.05, 0.1) is 24.5 Å².